The summed E-state index contributed by atoms with van der Waals surface area (Å²) in [6, 6.07) is 23.4. The number of fused-ring (bicyclic) bond motifs is 1. The van der Waals surface area contributed by atoms with Crippen molar-refractivity contribution in [1.29, 1.82) is 0 Å². The van der Waals surface area contributed by atoms with Crippen LogP contribution in [0.1, 0.15) is 5.56 Å². The van der Waals surface area contributed by atoms with Gasteiger partial charge in [0, 0.05) is 54.5 Å². The number of benzene rings is 2. The Labute approximate surface area is 176 Å². The lowest BCUT2D eigenvalue weighted by Gasteiger charge is -2.29. The van der Waals surface area contributed by atoms with Gasteiger partial charge in [-0.05, 0) is 17.7 Å². The van der Waals surface area contributed by atoms with Gasteiger partial charge in [0.2, 0.25) is 0 Å². The Kier molecular flexibility index (Phi) is 5.13. The number of anilines is 1. The highest BCUT2D eigenvalue weighted by atomic mass is 15.2. The number of hydrogen-bond donors (Lipinski definition) is 2. The van der Waals surface area contributed by atoms with Crippen molar-refractivity contribution < 1.29 is 5.73 Å². The fraction of sp³-hybridized carbons (Fsp3) is 0.200. The molecule has 1 aliphatic heterocycles. The molecule has 150 valence electrons. The molecule has 4 N–H and O–H groups in total. The summed E-state index contributed by atoms with van der Waals surface area (Å²) >= 11 is 0. The Morgan fingerprint density at radius 2 is 1.67 bits per heavy atom. The first-order valence-electron chi connectivity index (χ1n) is 10.5. The molecule has 1 saturated heterocycles. The number of nitrogens with one attached hydrogen (secondary N) is 1. The predicted octanol–water partition coefficient (Wildman–Crippen LogP) is 3.12. The van der Waals surface area contributed by atoms with E-state index in [9.17, 15) is 0 Å². The van der Waals surface area contributed by atoms with E-state index in [1.165, 1.54) is 11.1 Å². The first-order valence-corrected chi connectivity index (χ1v) is 10.5. The molecule has 0 bridgehead atoms. The van der Waals surface area contributed by atoms with E-state index in [0.29, 0.717) is 0 Å². The van der Waals surface area contributed by atoms with Crippen LogP contribution in [0.15, 0.2) is 72.9 Å². The second-order valence-corrected chi connectivity index (χ2v) is 7.64. The van der Waals surface area contributed by atoms with Gasteiger partial charge in [0.05, 0.1) is 17.8 Å². The van der Waals surface area contributed by atoms with Crippen molar-refractivity contribution in [2.45, 2.75) is 6.54 Å². The average Bonchev–Trinajstić information content (AvgIpc) is 2.84. The van der Waals surface area contributed by atoms with Crippen LogP contribution in [0.4, 0.5) is 5.82 Å². The molecule has 0 spiro atoms. The number of quaternary nitrogens is 1. The third kappa shape index (κ3) is 3.54. The van der Waals surface area contributed by atoms with Gasteiger partial charge >= 0.3 is 0 Å². The fourth-order valence-corrected chi connectivity index (χ4v) is 4.10. The highest BCUT2D eigenvalue weighted by Crippen LogP contribution is 2.36. The largest absolute Gasteiger partial charge is 0.354 e. The number of nitrogens with zero attached hydrogens (tertiary/aromatic N) is 3. The summed E-state index contributed by atoms with van der Waals surface area (Å²) in [6.45, 7) is 4.67. The van der Waals surface area contributed by atoms with Gasteiger partial charge in [-0.1, -0.05) is 54.6 Å². The molecule has 0 atom stereocenters. The Morgan fingerprint density at radius 1 is 0.900 bits per heavy atom. The number of rotatable bonds is 4. The molecule has 2 aromatic carbocycles. The molecule has 0 unspecified atom stereocenters. The molecule has 5 rings (SSSR count). The summed E-state index contributed by atoms with van der Waals surface area (Å²) in [7, 11) is 0. The third-order valence-electron chi connectivity index (χ3n) is 5.74. The van der Waals surface area contributed by atoms with Crippen molar-refractivity contribution >= 4 is 16.7 Å². The first-order chi connectivity index (χ1) is 14.8. The molecular formula is C25H26N5+. The zero-order valence-corrected chi connectivity index (χ0v) is 17.0. The van der Waals surface area contributed by atoms with Crippen LogP contribution >= 0.6 is 0 Å². The second kappa shape index (κ2) is 8.22. The Morgan fingerprint density at radius 3 is 2.40 bits per heavy atom. The molecular weight excluding hydrogens is 370 g/mol. The topological polar surface area (TPSA) is 68.7 Å². The van der Waals surface area contributed by atoms with Gasteiger partial charge in [-0.25, -0.2) is 9.97 Å². The van der Waals surface area contributed by atoms with Crippen molar-refractivity contribution in [2.75, 3.05) is 31.1 Å². The van der Waals surface area contributed by atoms with Crippen molar-refractivity contribution in [1.82, 2.24) is 15.3 Å². The summed E-state index contributed by atoms with van der Waals surface area (Å²) in [5.74, 6) is 1.03. The molecule has 0 saturated carbocycles. The number of aromatic nitrogens is 2. The lowest BCUT2D eigenvalue weighted by molar-refractivity contribution is -0.386. The summed E-state index contributed by atoms with van der Waals surface area (Å²) in [6.07, 6.45) is 1.88. The molecule has 0 radical (unpaired) electrons. The molecule has 1 fully saturated rings. The van der Waals surface area contributed by atoms with Gasteiger partial charge in [0.25, 0.3) is 0 Å². The van der Waals surface area contributed by atoms with Crippen LogP contribution in [-0.2, 0) is 6.54 Å². The average molecular weight is 397 g/mol. The maximum absolute atomic E-state index is 5.13. The summed E-state index contributed by atoms with van der Waals surface area (Å²) in [4.78, 5) is 12.2. The Bertz CT molecular complexity index is 1150. The number of piperazine rings is 1. The zero-order chi connectivity index (χ0) is 20.3. The molecule has 30 heavy (non-hydrogen) atoms. The molecule has 1 aliphatic rings. The molecule has 4 aromatic rings. The van der Waals surface area contributed by atoms with E-state index in [1.807, 2.05) is 12.3 Å². The van der Waals surface area contributed by atoms with Crippen LogP contribution in [0.5, 0.6) is 0 Å². The Hall–Kier alpha value is -3.28. The van der Waals surface area contributed by atoms with Gasteiger partial charge < -0.3 is 16.0 Å². The lowest BCUT2D eigenvalue weighted by Crippen LogP contribution is -2.47. The maximum atomic E-state index is 5.13. The molecule has 2 aromatic heterocycles. The molecule has 3 heterocycles. The highest BCUT2D eigenvalue weighted by molar-refractivity contribution is 5.97. The van der Waals surface area contributed by atoms with E-state index in [4.69, 9.17) is 9.97 Å². The third-order valence-corrected chi connectivity index (χ3v) is 5.74. The molecule has 0 amide bonds. The first kappa shape index (κ1) is 18.7. The summed E-state index contributed by atoms with van der Waals surface area (Å²) < 4.78 is 0. The van der Waals surface area contributed by atoms with Crippen molar-refractivity contribution in [3.63, 3.8) is 0 Å². The van der Waals surface area contributed by atoms with E-state index < -0.39 is 0 Å². The molecule has 5 heteroatoms. The maximum Gasteiger partial charge on any atom is 0.138 e. The predicted molar refractivity (Wildman–Crippen MR) is 122 cm³/mol. The fourth-order valence-electron chi connectivity index (χ4n) is 4.10. The smallest absolute Gasteiger partial charge is 0.138 e. The van der Waals surface area contributed by atoms with Crippen LogP contribution in [0.3, 0.4) is 0 Å². The van der Waals surface area contributed by atoms with Crippen molar-refractivity contribution in [3.05, 3.63) is 78.5 Å². The van der Waals surface area contributed by atoms with E-state index in [0.717, 1.165) is 66.3 Å². The monoisotopic (exact) mass is 396 g/mol. The van der Waals surface area contributed by atoms with Gasteiger partial charge in [0.1, 0.15) is 5.82 Å². The SMILES string of the molecule is [NH3+]Cc1ccc(-c2nc3ccnc(N4CCNCC4)c3cc2-c2ccccc2)cc1. The van der Waals surface area contributed by atoms with Gasteiger partial charge in [0.15, 0.2) is 0 Å². The molecule has 0 aliphatic carbocycles. The van der Waals surface area contributed by atoms with Crippen LogP contribution in [0.25, 0.3) is 33.3 Å². The Balaban J connectivity index is 1.72. The number of pyridine rings is 2. The number of hydrogen-bond acceptors (Lipinski definition) is 4. The highest BCUT2D eigenvalue weighted by Gasteiger charge is 2.18. The minimum Gasteiger partial charge on any atom is -0.354 e. The minimum absolute atomic E-state index is 0.788. The van der Waals surface area contributed by atoms with E-state index in [1.54, 1.807) is 0 Å². The van der Waals surface area contributed by atoms with Crippen LogP contribution in [0.2, 0.25) is 0 Å². The zero-order valence-electron chi connectivity index (χ0n) is 17.0. The minimum atomic E-state index is 0.788. The van der Waals surface area contributed by atoms with E-state index in [-0.39, 0.29) is 0 Å². The normalized spacial score (nSPS) is 14.2. The van der Waals surface area contributed by atoms with Gasteiger partial charge in [-0.2, -0.15) is 0 Å². The van der Waals surface area contributed by atoms with Gasteiger partial charge in [-0.3, -0.25) is 0 Å². The van der Waals surface area contributed by atoms with Crippen LogP contribution in [-0.4, -0.2) is 36.1 Å². The molecule has 5 nitrogen and oxygen atoms in total. The second-order valence-electron chi connectivity index (χ2n) is 7.64. The van der Waals surface area contributed by atoms with E-state index >= 15 is 0 Å². The van der Waals surface area contributed by atoms with Crippen molar-refractivity contribution in [3.8, 4) is 22.4 Å². The quantitative estimate of drug-likeness (QED) is 0.556. The summed E-state index contributed by atoms with van der Waals surface area (Å²) in [5, 5.41) is 4.53. The standard InChI is InChI=1S/C25H25N5/c26-17-18-6-8-20(9-7-18)24-21(19-4-2-1-3-5-19)16-22-23(29-24)10-11-28-25(22)30-14-12-27-13-15-30/h1-11,16,27H,12-15,17,26H2/p+1. The van der Waals surface area contributed by atoms with Crippen LogP contribution in [0, 0.1) is 0 Å². The van der Waals surface area contributed by atoms with Crippen molar-refractivity contribution in [2.24, 2.45) is 0 Å². The summed E-state index contributed by atoms with van der Waals surface area (Å²) in [5.41, 5.74) is 10.6. The van der Waals surface area contributed by atoms with Crippen LogP contribution < -0.4 is 16.0 Å². The van der Waals surface area contributed by atoms with E-state index in [2.05, 4.69) is 76.6 Å². The van der Waals surface area contributed by atoms with Gasteiger partial charge in [-0.15, -0.1) is 0 Å². The lowest BCUT2D eigenvalue weighted by atomic mass is 9.97.